The van der Waals surface area contributed by atoms with Crippen molar-refractivity contribution in [3.8, 4) is 5.75 Å². The molecule has 0 atom stereocenters. The minimum absolute atomic E-state index is 0.0649. The number of nitrogens with zero attached hydrogens (tertiary/aromatic N) is 3. The fourth-order valence-corrected chi connectivity index (χ4v) is 4.05. The lowest BCUT2D eigenvalue weighted by Gasteiger charge is -2.13. The van der Waals surface area contributed by atoms with Crippen molar-refractivity contribution in [2.45, 2.75) is 33.6 Å². The van der Waals surface area contributed by atoms with Gasteiger partial charge in [-0.1, -0.05) is 6.07 Å². The van der Waals surface area contributed by atoms with Crippen LogP contribution in [0.3, 0.4) is 0 Å². The molecule has 4 N–H and O–H groups in total. The molecule has 0 unspecified atom stereocenters. The van der Waals surface area contributed by atoms with Gasteiger partial charge >= 0.3 is 17.9 Å². The Bertz CT molecular complexity index is 1550. The van der Waals surface area contributed by atoms with E-state index in [1.165, 1.54) is 0 Å². The average Bonchev–Trinajstić information content (AvgIpc) is 3.02. The Balaban J connectivity index is 1.57. The second kappa shape index (κ2) is 15.7. The SMILES string of the molecule is CCOC(=O)CCc1ccc(Nc2nc(Nc3ccc(C(=O)OCC)cc3)nc(Nc3ccc(C(=O)OCC)cc3)n2)c(O)c1. The van der Waals surface area contributed by atoms with Crippen LogP contribution in [0.2, 0.25) is 0 Å². The molecule has 0 radical (unpaired) electrons. The van der Waals surface area contributed by atoms with E-state index in [9.17, 15) is 19.5 Å². The molecule has 0 aliphatic rings. The normalized spacial score (nSPS) is 10.5. The van der Waals surface area contributed by atoms with Gasteiger partial charge in [0.05, 0.1) is 36.6 Å². The highest BCUT2D eigenvalue weighted by Gasteiger charge is 2.13. The average molecular weight is 615 g/mol. The number of esters is 3. The molecule has 0 fully saturated rings. The summed E-state index contributed by atoms with van der Waals surface area (Å²) < 4.78 is 15.0. The predicted octanol–water partition coefficient (Wildman–Crippen LogP) is 5.66. The lowest BCUT2D eigenvalue weighted by Crippen LogP contribution is -2.08. The number of hydrogen-bond donors (Lipinski definition) is 4. The van der Waals surface area contributed by atoms with E-state index in [0.29, 0.717) is 41.2 Å². The maximum absolute atomic E-state index is 12.0. The first-order valence-electron chi connectivity index (χ1n) is 14.4. The van der Waals surface area contributed by atoms with E-state index in [1.54, 1.807) is 87.5 Å². The number of anilines is 6. The second-order valence-electron chi connectivity index (χ2n) is 9.43. The van der Waals surface area contributed by atoms with Crippen molar-refractivity contribution in [2.24, 2.45) is 0 Å². The van der Waals surface area contributed by atoms with E-state index in [0.717, 1.165) is 5.56 Å². The summed E-state index contributed by atoms with van der Waals surface area (Å²) in [4.78, 5) is 49.1. The first-order chi connectivity index (χ1) is 21.8. The van der Waals surface area contributed by atoms with Crippen molar-refractivity contribution in [3.63, 3.8) is 0 Å². The molecular formula is C32H34N6O7. The van der Waals surface area contributed by atoms with E-state index in [1.807, 2.05) is 0 Å². The van der Waals surface area contributed by atoms with Gasteiger partial charge in [0, 0.05) is 17.8 Å². The standard InChI is InChI=1S/C32H34N6O7/c1-4-43-27(40)18-8-20-7-17-25(26(39)19-20)35-32-37-30(33-23-13-9-21(10-14-23)28(41)44-5-2)36-31(38-32)34-24-15-11-22(12-16-24)29(42)45-6-3/h7,9-17,19,39H,4-6,8,18H2,1-3H3,(H3,33,34,35,36,37,38). The quantitative estimate of drug-likeness (QED) is 0.0779. The molecule has 1 heterocycles. The molecular weight excluding hydrogens is 580 g/mol. The highest BCUT2D eigenvalue weighted by molar-refractivity contribution is 5.90. The predicted molar refractivity (Wildman–Crippen MR) is 168 cm³/mol. The number of carbonyl (C=O) groups excluding carboxylic acids is 3. The summed E-state index contributed by atoms with van der Waals surface area (Å²) in [6.45, 7) is 6.07. The summed E-state index contributed by atoms with van der Waals surface area (Å²) in [6, 6.07) is 18.2. The van der Waals surface area contributed by atoms with Crippen LogP contribution in [0, 0.1) is 0 Å². The lowest BCUT2D eigenvalue weighted by atomic mass is 10.1. The molecule has 0 spiro atoms. The number of benzene rings is 3. The van der Waals surface area contributed by atoms with E-state index < -0.39 is 11.9 Å². The highest BCUT2D eigenvalue weighted by Crippen LogP contribution is 2.28. The number of aryl methyl sites for hydroxylation is 1. The smallest absolute Gasteiger partial charge is 0.338 e. The molecule has 3 aromatic carbocycles. The lowest BCUT2D eigenvalue weighted by molar-refractivity contribution is -0.143. The third kappa shape index (κ3) is 9.38. The van der Waals surface area contributed by atoms with E-state index >= 15 is 0 Å². The molecule has 0 bridgehead atoms. The Labute approximate surface area is 260 Å². The van der Waals surface area contributed by atoms with Crippen molar-refractivity contribution in [3.05, 3.63) is 83.4 Å². The molecule has 13 heteroatoms. The number of nitrogens with one attached hydrogen (secondary N) is 3. The number of aromatic hydroxyl groups is 1. The molecule has 0 aliphatic carbocycles. The summed E-state index contributed by atoms with van der Waals surface area (Å²) in [5.41, 5.74) is 3.07. The fraction of sp³-hybridized carbons (Fsp3) is 0.250. The number of rotatable bonds is 14. The first kappa shape index (κ1) is 32.2. The van der Waals surface area contributed by atoms with Crippen molar-refractivity contribution < 1.29 is 33.7 Å². The molecule has 0 aliphatic heterocycles. The van der Waals surface area contributed by atoms with Crippen LogP contribution in [0.25, 0.3) is 0 Å². The van der Waals surface area contributed by atoms with Gasteiger partial charge in [0.15, 0.2) is 0 Å². The van der Waals surface area contributed by atoms with Gasteiger partial charge < -0.3 is 35.3 Å². The van der Waals surface area contributed by atoms with E-state index in [2.05, 4.69) is 30.9 Å². The van der Waals surface area contributed by atoms with E-state index in [-0.39, 0.29) is 49.2 Å². The van der Waals surface area contributed by atoms with Gasteiger partial charge in [-0.2, -0.15) is 15.0 Å². The van der Waals surface area contributed by atoms with Gasteiger partial charge in [-0.15, -0.1) is 0 Å². The van der Waals surface area contributed by atoms with Crippen LogP contribution in [0.5, 0.6) is 5.75 Å². The van der Waals surface area contributed by atoms with Gasteiger partial charge in [0.1, 0.15) is 5.75 Å². The molecule has 0 amide bonds. The summed E-state index contributed by atoms with van der Waals surface area (Å²) in [5.74, 6) is -0.804. The molecule has 0 saturated carbocycles. The zero-order chi connectivity index (χ0) is 32.2. The van der Waals surface area contributed by atoms with Crippen LogP contribution in [-0.2, 0) is 25.4 Å². The Morgan fingerprint density at radius 3 is 1.56 bits per heavy atom. The number of carbonyl (C=O) groups is 3. The third-order valence-corrected chi connectivity index (χ3v) is 6.17. The Hall–Kier alpha value is -5.72. The van der Waals surface area contributed by atoms with Gasteiger partial charge in [0.2, 0.25) is 17.8 Å². The maximum Gasteiger partial charge on any atom is 0.338 e. The Morgan fingerprint density at radius 2 is 1.11 bits per heavy atom. The van der Waals surface area contributed by atoms with Crippen molar-refractivity contribution >= 4 is 52.8 Å². The van der Waals surface area contributed by atoms with Gasteiger partial charge in [-0.3, -0.25) is 4.79 Å². The second-order valence-corrected chi connectivity index (χ2v) is 9.43. The first-order valence-corrected chi connectivity index (χ1v) is 14.4. The number of phenols is 1. The van der Waals surface area contributed by atoms with Gasteiger partial charge in [-0.25, -0.2) is 9.59 Å². The minimum atomic E-state index is -0.428. The van der Waals surface area contributed by atoms with Gasteiger partial charge in [-0.05, 0) is 93.4 Å². The summed E-state index contributed by atoms with van der Waals surface area (Å²) in [5, 5.41) is 19.9. The zero-order valence-corrected chi connectivity index (χ0v) is 25.1. The van der Waals surface area contributed by atoms with Crippen LogP contribution in [0.15, 0.2) is 66.7 Å². The third-order valence-electron chi connectivity index (χ3n) is 6.17. The highest BCUT2D eigenvalue weighted by atomic mass is 16.5. The van der Waals surface area contributed by atoms with Crippen molar-refractivity contribution in [2.75, 3.05) is 35.8 Å². The number of phenolic OH excluding ortho intramolecular Hbond substituents is 1. The fourth-order valence-electron chi connectivity index (χ4n) is 4.05. The molecule has 4 aromatic rings. The molecule has 4 rings (SSSR count). The van der Waals surface area contributed by atoms with Crippen LogP contribution in [0.1, 0.15) is 53.5 Å². The summed E-state index contributed by atoms with van der Waals surface area (Å²) in [7, 11) is 0. The van der Waals surface area contributed by atoms with Crippen LogP contribution in [0.4, 0.5) is 34.9 Å². The molecule has 234 valence electrons. The summed E-state index contributed by atoms with van der Waals surface area (Å²) >= 11 is 0. The van der Waals surface area contributed by atoms with Crippen LogP contribution >= 0.6 is 0 Å². The zero-order valence-electron chi connectivity index (χ0n) is 25.1. The minimum Gasteiger partial charge on any atom is -0.506 e. The number of hydrogen-bond acceptors (Lipinski definition) is 13. The van der Waals surface area contributed by atoms with Gasteiger partial charge in [0.25, 0.3) is 0 Å². The topological polar surface area (TPSA) is 174 Å². The Kier molecular flexibility index (Phi) is 11.2. The van der Waals surface area contributed by atoms with Crippen molar-refractivity contribution in [1.29, 1.82) is 0 Å². The summed E-state index contributed by atoms with van der Waals surface area (Å²) in [6.07, 6.45) is 0.601. The monoisotopic (exact) mass is 614 g/mol. The van der Waals surface area contributed by atoms with Crippen LogP contribution in [-0.4, -0.2) is 57.8 Å². The maximum atomic E-state index is 12.0. The molecule has 13 nitrogen and oxygen atoms in total. The van der Waals surface area contributed by atoms with E-state index in [4.69, 9.17) is 14.2 Å². The molecule has 0 saturated heterocycles. The number of aromatic nitrogens is 3. The van der Waals surface area contributed by atoms with Crippen molar-refractivity contribution in [1.82, 2.24) is 15.0 Å². The Morgan fingerprint density at radius 1 is 0.644 bits per heavy atom. The molecule has 45 heavy (non-hydrogen) atoms. The largest absolute Gasteiger partial charge is 0.506 e. The molecule has 1 aromatic heterocycles. The number of ether oxygens (including phenoxy) is 3. The van der Waals surface area contributed by atoms with Crippen LogP contribution < -0.4 is 16.0 Å².